The minimum atomic E-state index is -0.492. The summed E-state index contributed by atoms with van der Waals surface area (Å²) in [5.74, 6) is -0.731. The lowest BCUT2D eigenvalue weighted by Gasteiger charge is -2.02. The number of ketones is 1. The highest BCUT2D eigenvalue weighted by Crippen LogP contribution is 2.25. The molecule has 0 radical (unpaired) electrons. The molecule has 5 heteroatoms. The van der Waals surface area contributed by atoms with E-state index in [1.165, 1.54) is 6.07 Å². The van der Waals surface area contributed by atoms with E-state index in [9.17, 15) is 9.18 Å². The topological polar surface area (TPSA) is 17.1 Å². The van der Waals surface area contributed by atoms with Crippen LogP contribution in [0.2, 0.25) is 5.02 Å². The van der Waals surface area contributed by atoms with Crippen LogP contribution in [0.25, 0.3) is 0 Å². The summed E-state index contributed by atoms with van der Waals surface area (Å²) < 4.78 is 13.2. The molecule has 0 unspecified atom stereocenters. The zero-order valence-electron chi connectivity index (χ0n) is 6.28. The maximum Gasteiger partial charge on any atom is 0.174 e. The fraction of sp³-hybridized carbons (Fsp3) is 0.125. The molecule has 0 aliphatic rings. The molecule has 0 atom stereocenters. The number of carbonyl (C=O) groups is 1. The van der Waals surface area contributed by atoms with Gasteiger partial charge in [0.2, 0.25) is 0 Å². The molecule has 0 heterocycles. The molecule has 70 valence electrons. The summed E-state index contributed by atoms with van der Waals surface area (Å²) >= 11 is 11.7. The monoisotopic (exact) mass is 328 g/mol. The Morgan fingerprint density at radius 2 is 2.15 bits per heavy atom. The Labute approximate surface area is 96.5 Å². The summed E-state index contributed by atoms with van der Waals surface area (Å²) in [5, 5.41) is 0.381. The first-order valence-electron chi connectivity index (χ1n) is 3.30. The van der Waals surface area contributed by atoms with Crippen LogP contribution in [0.5, 0.6) is 0 Å². The van der Waals surface area contributed by atoms with Gasteiger partial charge in [0.1, 0.15) is 5.82 Å². The third-order valence-electron chi connectivity index (χ3n) is 1.43. The second kappa shape index (κ2) is 4.53. The average molecular weight is 330 g/mol. The van der Waals surface area contributed by atoms with E-state index >= 15 is 0 Å². The van der Waals surface area contributed by atoms with Gasteiger partial charge in [-0.3, -0.25) is 4.79 Å². The van der Waals surface area contributed by atoms with Gasteiger partial charge in [-0.15, -0.1) is 0 Å². The number of hydrogen-bond acceptors (Lipinski definition) is 1. The lowest BCUT2D eigenvalue weighted by Crippen LogP contribution is -2.01. The average Bonchev–Trinajstić information content (AvgIpc) is 2.10. The normalized spacial score (nSPS) is 10.2. The van der Waals surface area contributed by atoms with Crippen LogP contribution in [0.3, 0.4) is 0 Å². The first-order chi connectivity index (χ1) is 6.06. The maximum atomic E-state index is 13.0. The van der Waals surface area contributed by atoms with Gasteiger partial charge in [-0.1, -0.05) is 27.5 Å². The summed E-state index contributed by atoms with van der Waals surface area (Å²) in [6.07, 6.45) is 0. The number of Topliss-reactive ketones (excluding diaryl/α,β-unsaturated/α-hetero) is 1. The molecule has 0 bridgehead atoms. The predicted octanol–water partition coefficient (Wildman–Crippen LogP) is 3.82. The fourth-order valence-electron chi connectivity index (χ4n) is 0.808. The molecule has 0 spiro atoms. The number of alkyl halides is 1. The Morgan fingerprint density at radius 1 is 1.54 bits per heavy atom. The molecule has 0 aliphatic heterocycles. The van der Waals surface area contributed by atoms with Crippen molar-refractivity contribution in [2.24, 2.45) is 0 Å². The number of carbonyl (C=O) groups excluding carboxylic acids is 1. The second-order valence-corrected chi connectivity index (χ2v) is 4.13. The van der Waals surface area contributed by atoms with Crippen LogP contribution in [0.1, 0.15) is 10.4 Å². The third-order valence-corrected chi connectivity index (χ3v) is 2.86. The molecule has 13 heavy (non-hydrogen) atoms. The molecule has 0 aliphatic carbocycles. The van der Waals surface area contributed by atoms with Crippen molar-refractivity contribution in [3.05, 3.63) is 33.0 Å². The van der Waals surface area contributed by atoms with Gasteiger partial charge in [-0.05, 0) is 28.1 Å². The zero-order chi connectivity index (χ0) is 10.0. The van der Waals surface area contributed by atoms with E-state index < -0.39 is 5.82 Å². The molecule has 0 amide bonds. The van der Waals surface area contributed by atoms with Crippen LogP contribution in [0.4, 0.5) is 4.39 Å². The zero-order valence-corrected chi connectivity index (χ0v) is 10.2. The van der Waals surface area contributed by atoms with E-state index in [1.807, 2.05) is 0 Å². The first kappa shape index (κ1) is 11.1. The van der Waals surface area contributed by atoms with Gasteiger partial charge in [0.05, 0.1) is 14.8 Å². The molecule has 0 N–H and O–H groups in total. The van der Waals surface area contributed by atoms with Gasteiger partial charge >= 0.3 is 0 Å². The van der Waals surface area contributed by atoms with Crippen molar-refractivity contribution in [1.29, 1.82) is 0 Å². The van der Waals surface area contributed by atoms with Gasteiger partial charge < -0.3 is 0 Å². The molecule has 0 saturated carbocycles. The minimum absolute atomic E-state index is 0.133. The molecule has 1 rings (SSSR count). The number of hydrogen-bond donors (Lipinski definition) is 0. The second-order valence-electron chi connectivity index (χ2n) is 2.30. The van der Waals surface area contributed by atoms with Crippen LogP contribution in [-0.4, -0.2) is 11.1 Å². The summed E-state index contributed by atoms with van der Waals surface area (Å²) in [6.45, 7) is 0. The molecule has 0 fully saturated rings. The minimum Gasteiger partial charge on any atom is -0.293 e. The molecule has 1 nitrogen and oxygen atoms in total. The standard InChI is InChI=1S/C8H4Br2ClFO/c9-3-8(13)4-1-7(12)5(10)2-6(4)11/h1-2H,3H2. The van der Waals surface area contributed by atoms with Crippen molar-refractivity contribution in [2.75, 3.05) is 5.33 Å². The van der Waals surface area contributed by atoms with Crippen molar-refractivity contribution in [3.63, 3.8) is 0 Å². The number of halogens is 4. The van der Waals surface area contributed by atoms with Crippen LogP contribution in [0.15, 0.2) is 16.6 Å². The molecular formula is C8H4Br2ClFO. The predicted molar refractivity (Wildman–Crippen MR) is 57.2 cm³/mol. The van der Waals surface area contributed by atoms with E-state index in [1.54, 1.807) is 0 Å². The third kappa shape index (κ3) is 2.51. The quantitative estimate of drug-likeness (QED) is 0.458. The lowest BCUT2D eigenvalue weighted by molar-refractivity contribution is 0.102. The van der Waals surface area contributed by atoms with Crippen molar-refractivity contribution in [3.8, 4) is 0 Å². The van der Waals surface area contributed by atoms with E-state index in [2.05, 4.69) is 31.9 Å². The van der Waals surface area contributed by atoms with Crippen LogP contribution in [0, 0.1) is 5.82 Å². The fourth-order valence-corrected chi connectivity index (χ4v) is 1.85. The molecule has 1 aromatic rings. The van der Waals surface area contributed by atoms with Crippen LogP contribution < -0.4 is 0 Å². The Morgan fingerprint density at radius 3 is 2.69 bits per heavy atom. The molecule has 0 aromatic heterocycles. The van der Waals surface area contributed by atoms with Gasteiger partial charge in [0, 0.05) is 5.56 Å². The highest BCUT2D eigenvalue weighted by atomic mass is 79.9. The Kier molecular flexibility index (Phi) is 3.88. The first-order valence-corrected chi connectivity index (χ1v) is 5.59. The molecular weight excluding hydrogens is 326 g/mol. The van der Waals surface area contributed by atoms with Crippen molar-refractivity contribution in [2.45, 2.75) is 0 Å². The van der Waals surface area contributed by atoms with E-state index in [-0.39, 0.29) is 26.2 Å². The summed E-state index contributed by atoms with van der Waals surface area (Å²) in [6, 6.07) is 2.49. The Hall–Kier alpha value is 0.0700. The highest BCUT2D eigenvalue weighted by molar-refractivity contribution is 9.10. The van der Waals surface area contributed by atoms with Crippen LogP contribution in [-0.2, 0) is 0 Å². The SMILES string of the molecule is O=C(CBr)c1cc(F)c(Br)cc1Cl. The van der Waals surface area contributed by atoms with Gasteiger partial charge in [-0.2, -0.15) is 0 Å². The lowest BCUT2D eigenvalue weighted by atomic mass is 10.1. The van der Waals surface area contributed by atoms with Gasteiger partial charge in [0.15, 0.2) is 5.78 Å². The van der Waals surface area contributed by atoms with Crippen molar-refractivity contribution in [1.82, 2.24) is 0 Å². The summed E-state index contributed by atoms with van der Waals surface area (Å²) in [4.78, 5) is 11.2. The van der Waals surface area contributed by atoms with Crippen molar-refractivity contribution >= 4 is 49.2 Å². The molecule has 1 aromatic carbocycles. The smallest absolute Gasteiger partial charge is 0.174 e. The number of benzene rings is 1. The Bertz CT molecular complexity index is 354. The number of rotatable bonds is 2. The Balaban J connectivity index is 3.23. The van der Waals surface area contributed by atoms with Crippen LogP contribution >= 0.6 is 43.5 Å². The maximum absolute atomic E-state index is 13.0. The van der Waals surface area contributed by atoms with Gasteiger partial charge in [-0.25, -0.2) is 4.39 Å². The molecule has 0 saturated heterocycles. The van der Waals surface area contributed by atoms with Gasteiger partial charge in [0.25, 0.3) is 0 Å². The van der Waals surface area contributed by atoms with Crippen molar-refractivity contribution < 1.29 is 9.18 Å². The summed E-state index contributed by atoms with van der Waals surface area (Å²) in [5.41, 5.74) is 0.194. The van der Waals surface area contributed by atoms with E-state index in [4.69, 9.17) is 11.6 Å². The largest absolute Gasteiger partial charge is 0.293 e. The van der Waals surface area contributed by atoms with E-state index in [0.29, 0.717) is 0 Å². The highest BCUT2D eigenvalue weighted by Gasteiger charge is 2.12. The summed E-state index contributed by atoms with van der Waals surface area (Å²) in [7, 11) is 0. The van der Waals surface area contributed by atoms with E-state index in [0.717, 1.165) is 6.07 Å².